The Balaban J connectivity index is 2.06. The molecule has 0 bridgehead atoms. The topological polar surface area (TPSA) is 38.2 Å². The molecule has 0 N–H and O–H groups in total. The highest BCUT2D eigenvalue weighted by Crippen LogP contribution is 2.28. The second-order valence-electron chi connectivity index (χ2n) is 5.38. The molecule has 2 heterocycles. The number of rotatable bonds is 2. The van der Waals surface area contributed by atoms with Crippen molar-refractivity contribution in [3.63, 3.8) is 0 Å². The Labute approximate surface area is 134 Å². The molecule has 0 spiro atoms. The lowest BCUT2D eigenvalue weighted by atomic mass is 10.1. The minimum absolute atomic E-state index is 0.313. The second kappa shape index (κ2) is 5.18. The van der Waals surface area contributed by atoms with E-state index in [1.54, 1.807) is 36.4 Å². The molecule has 2 aromatic heterocycles. The molecule has 0 radical (unpaired) electrons. The molecule has 0 aliphatic heterocycles. The van der Waals surface area contributed by atoms with Crippen molar-refractivity contribution in [2.75, 3.05) is 0 Å². The summed E-state index contributed by atoms with van der Waals surface area (Å²) in [5.41, 5.74) is 0.954. The number of aromatic nitrogens is 1. The van der Waals surface area contributed by atoms with E-state index in [1.807, 2.05) is 53.2 Å². The number of hydrogen-bond acceptors (Lipinski definition) is 2. The van der Waals surface area contributed by atoms with Crippen LogP contribution in [0.15, 0.2) is 95.0 Å². The summed E-state index contributed by atoms with van der Waals surface area (Å²) < 4.78 is 27.9. The van der Waals surface area contributed by atoms with Gasteiger partial charge in [-0.25, -0.2) is 8.42 Å². The summed E-state index contributed by atoms with van der Waals surface area (Å²) in [6.07, 6.45) is 3.90. The monoisotopic (exact) mass is 320 g/mol. The van der Waals surface area contributed by atoms with Gasteiger partial charge in [-0.05, 0) is 30.3 Å². The summed E-state index contributed by atoms with van der Waals surface area (Å²) in [5, 5.41) is 1.63. The van der Waals surface area contributed by atoms with Crippen LogP contribution in [0.3, 0.4) is 0 Å². The van der Waals surface area contributed by atoms with Gasteiger partial charge in [-0.3, -0.25) is 0 Å². The Hall–Kier alpha value is -2.72. The predicted octanol–water partition coefficient (Wildman–Crippen LogP) is 3.41. The Bertz CT molecular complexity index is 1120. The molecular weight excluding hydrogens is 306 g/mol. The van der Waals surface area contributed by atoms with Gasteiger partial charge in [0.05, 0.1) is 9.79 Å². The van der Waals surface area contributed by atoms with E-state index >= 15 is 0 Å². The van der Waals surface area contributed by atoms with E-state index in [-0.39, 0.29) is 0 Å². The van der Waals surface area contributed by atoms with E-state index in [1.165, 1.54) is 0 Å². The SMILES string of the molecule is O=S(=O)(c1ccccc1)c1cccc2c[n+]3ccccc3cc12. The molecule has 4 aromatic rings. The molecule has 2 aromatic carbocycles. The second-order valence-corrected chi connectivity index (χ2v) is 7.30. The minimum atomic E-state index is -3.54. The van der Waals surface area contributed by atoms with Gasteiger partial charge in [0, 0.05) is 29.0 Å². The maximum atomic E-state index is 13.0. The molecule has 112 valence electrons. The standard InChI is InChI=1S/C19H14NO2S/c21-23(22,17-9-2-1-3-10-17)19-11-6-7-15-14-20-12-5-4-8-16(20)13-18(15)19/h1-14H/q+1. The highest BCUT2D eigenvalue weighted by atomic mass is 32.2. The van der Waals surface area contributed by atoms with E-state index in [4.69, 9.17) is 0 Å². The predicted molar refractivity (Wildman–Crippen MR) is 89.0 cm³/mol. The quantitative estimate of drug-likeness (QED) is 0.419. The Morgan fingerprint density at radius 1 is 0.783 bits per heavy atom. The summed E-state index contributed by atoms with van der Waals surface area (Å²) in [4.78, 5) is 0.654. The lowest BCUT2D eigenvalue weighted by Gasteiger charge is -2.07. The van der Waals surface area contributed by atoms with Crippen LogP contribution in [0.25, 0.3) is 16.3 Å². The molecule has 0 saturated carbocycles. The third kappa shape index (κ3) is 2.28. The van der Waals surface area contributed by atoms with Gasteiger partial charge in [0.25, 0.3) is 0 Å². The molecule has 0 unspecified atom stereocenters. The van der Waals surface area contributed by atoms with Gasteiger partial charge in [0.15, 0.2) is 12.4 Å². The molecule has 0 fully saturated rings. The fourth-order valence-electron chi connectivity index (χ4n) is 2.80. The maximum Gasteiger partial charge on any atom is 0.211 e. The van der Waals surface area contributed by atoms with Crippen molar-refractivity contribution in [2.45, 2.75) is 9.79 Å². The van der Waals surface area contributed by atoms with E-state index in [2.05, 4.69) is 0 Å². The average molecular weight is 320 g/mol. The highest BCUT2D eigenvalue weighted by molar-refractivity contribution is 7.91. The van der Waals surface area contributed by atoms with Gasteiger partial charge < -0.3 is 0 Å². The normalized spacial score (nSPS) is 11.8. The van der Waals surface area contributed by atoms with Crippen molar-refractivity contribution in [3.05, 3.63) is 85.2 Å². The first-order valence-corrected chi connectivity index (χ1v) is 8.77. The zero-order valence-corrected chi connectivity index (χ0v) is 13.1. The zero-order valence-electron chi connectivity index (χ0n) is 12.3. The van der Waals surface area contributed by atoms with Crippen LogP contribution in [-0.2, 0) is 9.84 Å². The fraction of sp³-hybridized carbons (Fsp3) is 0. The van der Waals surface area contributed by atoms with E-state index in [0.29, 0.717) is 9.79 Å². The number of sulfone groups is 1. The number of fused-ring (bicyclic) bond motifs is 2. The third-order valence-corrected chi connectivity index (χ3v) is 5.76. The van der Waals surface area contributed by atoms with Gasteiger partial charge in [-0.1, -0.05) is 24.3 Å². The molecule has 0 amide bonds. The summed E-state index contributed by atoms with van der Waals surface area (Å²) in [6, 6.07) is 21.7. The van der Waals surface area contributed by atoms with E-state index in [9.17, 15) is 8.42 Å². The summed E-state index contributed by atoms with van der Waals surface area (Å²) in [6.45, 7) is 0. The van der Waals surface area contributed by atoms with Crippen LogP contribution >= 0.6 is 0 Å². The smallest absolute Gasteiger partial charge is 0.211 e. The lowest BCUT2D eigenvalue weighted by Crippen LogP contribution is -2.20. The minimum Gasteiger partial charge on any atom is -0.218 e. The van der Waals surface area contributed by atoms with Crippen molar-refractivity contribution < 1.29 is 12.8 Å². The van der Waals surface area contributed by atoms with E-state index in [0.717, 1.165) is 16.3 Å². The summed E-state index contributed by atoms with van der Waals surface area (Å²) in [7, 11) is -3.54. The van der Waals surface area contributed by atoms with Crippen LogP contribution in [0.1, 0.15) is 0 Å². The van der Waals surface area contributed by atoms with Crippen LogP contribution in [0.5, 0.6) is 0 Å². The van der Waals surface area contributed by atoms with E-state index < -0.39 is 9.84 Å². The third-order valence-electron chi connectivity index (χ3n) is 3.94. The largest absolute Gasteiger partial charge is 0.218 e. The Kier molecular flexibility index (Phi) is 3.13. The summed E-state index contributed by atoms with van der Waals surface area (Å²) in [5.74, 6) is 0. The molecular formula is C19H14NO2S+. The molecule has 4 heteroatoms. The van der Waals surface area contributed by atoms with Crippen LogP contribution in [0, 0.1) is 0 Å². The maximum absolute atomic E-state index is 13.0. The summed E-state index contributed by atoms with van der Waals surface area (Å²) >= 11 is 0. The van der Waals surface area contributed by atoms with Gasteiger partial charge in [-0.2, -0.15) is 4.40 Å². The molecule has 3 nitrogen and oxygen atoms in total. The van der Waals surface area contributed by atoms with Gasteiger partial charge in [-0.15, -0.1) is 0 Å². The molecule has 0 atom stereocenters. The number of benzene rings is 2. The number of hydrogen-bond donors (Lipinski definition) is 0. The van der Waals surface area contributed by atoms with Gasteiger partial charge in [0.2, 0.25) is 15.4 Å². The van der Waals surface area contributed by atoms with Crippen molar-refractivity contribution in [2.24, 2.45) is 0 Å². The highest BCUT2D eigenvalue weighted by Gasteiger charge is 2.21. The van der Waals surface area contributed by atoms with Crippen LogP contribution < -0.4 is 4.40 Å². The number of pyridine rings is 2. The van der Waals surface area contributed by atoms with Crippen molar-refractivity contribution in [3.8, 4) is 0 Å². The lowest BCUT2D eigenvalue weighted by molar-refractivity contribution is -0.510. The van der Waals surface area contributed by atoms with Crippen LogP contribution in [0.4, 0.5) is 0 Å². The van der Waals surface area contributed by atoms with Gasteiger partial charge in [0.1, 0.15) is 0 Å². The molecule has 0 aliphatic rings. The van der Waals surface area contributed by atoms with Crippen LogP contribution in [0.2, 0.25) is 0 Å². The van der Waals surface area contributed by atoms with Gasteiger partial charge >= 0.3 is 0 Å². The Morgan fingerprint density at radius 2 is 1.57 bits per heavy atom. The molecule has 23 heavy (non-hydrogen) atoms. The first kappa shape index (κ1) is 13.9. The molecule has 0 aliphatic carbocycles. The average Bonchev–Trinajstić information content (AvgIpc) is 2.60. The Morgan fingerprint density at radius 3 is 2.39 bits per heavy atom. The van der Waals surface area contributed by atoms with Crippen molar-refractivity contribution in [1.29, 1.82) is 0 Å². The number of nitrogens with zero attached hydrogens (tertiary/aromatic N) is 1. The first-order chi connectivity index (χ1) is 11.2. The fourth-order valence-corrected chi connectivity index (χ4v) is 4.29. The first-order valence-electron chi connectivity index (χ1n) is 7.29. The zero-order chi connectivity index (χ0) is 15.9. The van der Waals surface area contributed by atoms with Crippen molar-refractivity contribution >= 4 is 26.1 Å². The molecule has 4 rings (SSSR count). The van der Waals surface area contributed by atoms with Crippen LogP contribution in [-0.4, -0.2) is 8.42 Å². The van der Waals surface area contributed by atoms with Crippen molar-refractivity contribution in [1.82, 2.24) is 0 Å². The molecule has 0 saturated heterocycles.